The van der Waals surface area contributed by atoms with Crippen LogP contribution >= 0.6 is 28.3 Å². The molecular formula is C11H16BrClN2O4. The predicted molar refractivity (Wildman–Crippen MR) is 77.5 cm³/mol. The second-order valence-corrected chi connectivity index (χ2v) is 5.30. The van der Waals surface area contributed by atoms with Crippen molar-refractivity contribution in [2.75, 3.05) is 0 Å². The molecule has 0 radical (unpaired) electrons. The van der Waals surface area contributed by atoms with E-state index in [4.69, 9.17) is 5.73 Å². The second kappa shape index (κ2) is 7.04. The number of benzene rings is 1. The van der Waals surface area contributed by atoms with Crippen LogP contribution in [0.15, 0.2) is 16.6 Å². The standard InChI is InChI=1S/C11H15BrN2O4.ClH/c1-5(2)10(15)9(13)7-3-6(12)4-8(11(7)16)14(17)18;/h3-5,9-10,15-16H,13H2,1-2H3;1H/t9-,10+;/m1./s1. The number of nitro groups is 1. The molecule has 0 unspecified atom stereocenters. The highest BCUT2D eigenvalue weighted by Crippen LogP contribution is 2.37. The normalized spacial score (nSPS) is 13.8. The van der Waals surface area contributed by atoms with Gasteiger partial charge in [-0.3, -0.25) is 10.1 Å². The summed E-state index contributed by atoms with van der Waals surface area (Å²) < 4.78 is 0.424. The molecule has 8 heteroatoms. The van der Waals surface area contributed by atoms with Gasteiger partial charge in [0.2, 0.25) is 0 Å². The summed E-state index contributed by atoms with van der Waals surface area (Å²) in [5.41, 5.74) is 5.54. The van der Waals surface area contributed by atoms with Crippen LogP contribution in [0.5, 0.6) is 5.75 Å². The van der Waals surface area contributed by atoms with Gasteiger partial charge >= 0.3 is 5.69 Å². The topological polar surface area (TPSA) is 110 Å². The van der Waals surface area contributed by atoms with Crippen LogP contribution in [0.25, 0.3) is 0 Å². The summed E-state index contributed by atoms with van der Waals surface area (Å²) in [7, 11) is 0. The highest BCUT2D eigenvalue weighted by Gasteiger charge is 2.27. The van der Waals surface area contributed by atoms with E-state index in [1.54, 1.807) is 13.8 Å². The van der Waals surface area contributed by atoms with Crippen LogP contribution in [-0.2, 0) is 0 Å². The number of aromatic hydroxyl groups is 1. The van der Waals surface area contributed by atoms with E-state index in [0.29, 0.717) is 4.47 Å². The average Bonchev–Trinajstić information content (AvgIpc) is 2.29. The lowest BCUT2D eigenvalue weighted by Crippen LogP contribution is -2.30. The van der Waals surface area contributed by atoms with Gasteiger partial charge in [0.05, 0.1) is 17.1 Å². The molecule has 0 bridgehead atoms. The van der Waals surface area contributed by atoms with E-state index in [0.717, 1.165) is 0 Å². The zero-order valence-corrected chi connectivity index (χ0v) is 12.8. The first-order valence-corrected chi connectivity index (χ1v) is 6.15. The first-order valence-electron chi connectivity index (χ1n) is 5.36. The van der Waals surface area contributed by atoms with E-state index in [1.165, 1.54) is 12.1 Å². The van der Waals surface area contributed by atoms with Gasteiger partial charge in [-0.1, -0.05) is 29.8 Å². The summed E-state index contributed by atoms with van der Waals surface area (Å²) in [5, 5.41) is 30.5. The molecule has 6 nitrogen and oxygen atoms in total. The Hall–Kier alpha value is -0.890. The number of nitro benzene ring substituents is 1. The van der Waals surface area contributed by atoms with E-state index in [1.807, 2.05) is 0 Å². The van der Waals surface area contributed by atoms with Crippen molar-refractivity contribution in [1.82, 2.24) is 0 Å². The number of hydrogen-bond acceptors (Lipinski definition) is 5. The fourth-order valence-electron chi connectivity index (χ4n) is 1.60. The Morgan fingerprint density at radius 2 is 1.95 bits per heavy atom. The zero-order chi connectivity index (χ0) is 14.0. The van der Waals surface area contributed by atoms with Crippen LogP contribution < -0.4 is 5.73 Å². The Bertz CT molecular complexity index is 470. The number of rotatable bonds is 4. The largest absolute Gasteiger partial charge is 0.502 e. The Kier molecular flexibility index (Phi) is 6.71. The van der Waals surface area contributed by atoms with Gasteiger partial charge in [0.25, 0.3) is 0 Å². The molecule has 1 aromatic rings. The molecule has 0 aliphatic heterocycles. The summed E-state index contributed by atoms with van der Waals surface area (Å²) in [6.45, 7) is 3.54. The van der Waals surface area contributed by atoms with Gasteiger partial charge in [-0.2, -0.15) is 0 Å². The summed E-state index contributed by atoms with van der Waals surface area (Å²) in [6, 6.07) is 1.77. The minimum absolute atomic E-state index is 0. The molecule has 0 aromatic heterocycles. The number of phenolic OH excluding ortho intramolecular Hbond substituents is 1. The number of aliphatic hydroxyl groups excluding tert-OH is 1. The molecule has 0 aliphatic rings. The van der Waals surface area contributed by atoms with Crippen molar-refractivity contribution in [3.8, 4) is 5.75 Å². The highest BCUT2D eigenvalue weighted by molar-refractivity contribution is 9.10. The molecule has 0 fully saturated rings. The number of halogens is 2. The third-order valence-corrected chi connectivity index (χ3v) is 3.15. The molecule has 1 aromatic carbocycles. The van der Waals surface area contributed by atoms with Crippen LogP contribution in [0.1, 0.15) is 25.5 Å². The van der Waals surface area contributed by atoms with E-state index < -0.39 is 28.5 Å². The van der Waals surface area contributed by atoms with E-state index in [-0.39, 0.29) is 23.9 Å². The lowest BCUT2D eigenvalue weighted by Gasteiger charge is -2.23. The van der Waals surface area contributed by atoms with Gasteiger partial charge in [-0.25, -0.2) is 0 Å². The maximum absolute atomic E-state index is 10.8. The fourth-order valence-corrected chi connectivity index (χ4v) is 2.06. The minimum Gasteiger partial charge on any atom is -0.502 e. The number of nitrogens with zero attached hydrogens (tertiary/aromatic N) is 1. The van der Waals surface area contributed by atoms with Crippen LogP contribution in [0.3, 0.4) is 0 Å². The number of aliphatic hydroxyl groups is 1. The Morgan fingerprint density at radius 1 is 1.42 bits per heavy atom. The molecule has 0 heterocycles. The Balaban J connectivity index is 0.00000324. The molecule has 0 amide bonds. The number of hydrogen-bond donors (Lipinski definition) is 3. The van der Waals surface area contributed by atoms with Gasteiger partial charge in [0.15, 0.2) is 5.75 Å². The molecular weight excluding hydrogens is 339 g/mol. The number of nitrogens with two attached hydrogens (primary N) is 1. The Morgan fingerprint density at radius 3 is 2.37 bits per heavy atom. The molecule has 19 heavy (non-hydrogen) atoms. The maximum atomic E-state index is 10.8. The van der Waals surface area contributed by atoms with Crippen molar-refractivity contribution in [3.05, 3.63) is 32.3 Å². The van der Waals surface area contributed by atoms with Gasteiger partial charge in [0.1, 0.15) is 0 Å². The van der Waals surface area contributed by atoms with Crippen molar-refractivity contribution >= 4 is 34.0 Å². The molecule has 0 saturated carbocycles. The Labute approximate surface area is 125 Å². The zero-order valence-electron chi connectivity index (χ0n) is 10.4. The quantitative estimate of drug-likeness (QED) is 0.568. The van der Waals surface area contributed by atoms with Crippen molar-refractivity contribution < 1.29 is 15.1 Å². The van der Waals surface area contributed by atoms with Crippen molar-refractivity contribution in [2.45, 2.75) is 26.0 Å². The number of phenols is 1. The van der Waals surface area contributed by atoms with Gasteiger partial charge in [0, 0.05) is 16.1 Å². The summed E-state index contributed by atoms with van der Waals surface area (Å²) in [4.78, 5) is 10.1. The first kappa shape index (κ1) is 18.1. The lowest BCUT2D eigenvalue weighted by atomic mass is 9.93. The summed E-state index contributed by atoms with van der Waals surface area (Å²) >= 11 is 3.12. The minimum atomic E-state index is -0.898. The molecule has 0 saturated heterocycles. The van der Waals surface area contributed by atoms with Crippen LogP contribution in [-0.4, -0.2) is 21.2 Å². The predicted octanol–water partition coefficient (Wildman–Crippen LogP) is 2.50. The van der Waals surface area contributed by atoms with E-state index in [9.17, 15) is 20.3 Å². The van der Waals surface area contributed by atoms with Crippen molar-refractivity contribution in [3.63, 3.8) is 0 Å². The third kappa shape index (κ3) is 4.04. The summed E-state index contributed by atoms with van der Waals surface area (Å²) in [5.74, 6) is -0.632. The molecule has 0 aliphatic carbocycles. The first-order chi connectivity index (χ1) is 8.25. The highest BCUT2D eigenvalue weighted by atomic mass is 79.9. The lowest BCUT2D eigenvalue weighted by molar-refractivity contribution is -0.386. The van der Waals surface area contributed by atoms with Crippen LogP contribution in [0.2, 0.25) is 0 Å². The van der Waals surface area contributed by atoms with E-state index in [2.05, 4.69) is 15.9 Å². The van der Waals surface area contributed by atoms with Crippen molar-refractivity contribution in [2.24, 2.45) is 11.7 Å². The smallest absolute Gasteiger partial charge is 0.312 e. The van der Waals surface area contributed by atoms with Gasteiger partial charge < -0.3 is 15.9 Å². The van der Waals surface area contributed by atoms with Gasteiger partial charge in [-0.05, 0) is 12.0 Å². The molecule has 1 rings (SSSR count). The van der Waals surface area contributed by atoms with Crippen molar-refractivity contribution in [1.29, 1.82) is 0 Å². The monoisotopic (exact) mass is 354 g/mol. The summed E-state index contributed by atoms with van der Waals surface area (Å²) in [6.07, 6.45) is -0.898. The third-order valence-electron chi connectivity index (χ3n) is 2.69. The van der Waals surface area contributed by atoms with Gasteiger partial charge in [-0.15, -0.1) is 12.4 Å². The molecule has 2 atom stereocenters. The SMILES string of the molecule is CC(C)[C@H](O)[C@H](N)c1cc(Br)cc([N+](=O)[O-])c1O.Cl. The van der Waals surface area contributed by atoms with Crippen LogP contribution in [0, 0.1) is 16.0 Å². The molecule has 0 spiro atoms. The fraction of sp³-hybridized carbons (Fsp3) is 0.455. The van der Waals surface area contributed by atoms with Crippen LogP contribution in [0.4, 0.5) is 5.69 Å². The molecule has 108 valence electrons. The van der Waals surface area contributed by atoms with E-state index >= 15 is 0 Å². The average molecular weight is 356 g/mol. The maximum Gasteiger partial charge on any atom is 0.312 e. The second-order valence-electron chi connectivity index (χ2n) is 4.38. The molecule has 4 N–H and O–H groups in total.